The zero-order chi connectivity index (χ0) is 10.6. The molecule has 1 atom stereocenters. The minimum absolute atomic E-state index is 0.309. The van der Waals surface area contributed by atoms with E-state index in [0.29, 0.717) is 12.0 Å². The maximum atomic E-state index is 8.83. The Morgan fingerprint density at radius 2 is 2.00 bits per heavy atom. The number of rotatable bonds is 6. The standard InChI is InChI=1S/C12H25NO/c1-4-11(3)8-12(5-2)9-13(10-12)6-7-14/h11,14H,4-10H2,1-3H3. The SMILES string of the molecule is CCC(C)CC1(CC)CN(CCO)C1. The molecule has 0 aromatic rings. The molecule has 0 radical (unpaired) electrons. The molecule has 0 spiro atoms. The lowest BCUT2D eigenvalue weighted by Crippen LogP contribution is -2.57. The maximum absolute atomic E-state index is 8.83. The van der Waals surface area contributed by atoms with Crippen molar-refractivity contribution in [2.45, 2.75) is 40.0 Å². The van der Waals surface area contributed by atoms with E-state index in [-0.39, 0.29) is 0 Å². The second kappa shape index (κ2) is 5.13. The third kappa shape index (κ3) is 2.71. The smallest absolute Gasteiger partial charge is 0.0558 e. The number of hydrogen-bond acceptors (Lipinski definition) is 2. The topological polar surface area (TPSA) is 23.5 Å². The van der Waals surface area contributed by atoms with Gasteiger partial charge in [-0.05, 0) is 24.2 Å². The van der Waals surface area contributed by atoms with Crippen LogP contribution in [0.25, 0.3) is 0 Å². The number of hydrogen-bond donors (Lipinski definition) is 1. The Morgan fingerprint density at radius 1 is 1.36 bits per heavy atom. The maximum Gasteiger partial charge on any atom is 0.0558 e. The molecule has 1 fully saturated rings. The Kier molecular flexibility index (Phi) is 4.39. The number of nitrogens with zero attached hydrogens (tertiary/aromatic N) is 1. The molecule has 84 valence electrons. The van der Waals surface area contributed by atoms with Gasteiger partial charge in [-0.3, -0.25) is 4.90 Å². The summed E-state index contributed by atoms with van der Waals surface area (Å²) in [7, 11) is 0. The van der Waals surface area contributed by atoms with Gasteiger partial charge in [-0.15, -0.1) is 0 Å². The second-order valence-electron chi connectivity index (χ2n) is 5.01. The van der Waals surface area contributed by atoms with Gasteiger partial charge in [0.2, 0.25) is 0 Å². The van der Waals surface area contributed by atoms with E-state index in [1.54, 1.807) is 0 Å². The normalized spacial score (nSPS) is 23.1. The summed E-state index contributed by atoms with van der Waals surface area (Å²) in [5.74, 6) is 0.853. The molecule has 0 aromatic heterocycles. The molecule has 1 heterocycles. The van der Waals surface area contributed by atoms with Crippen LogP contribution in [0.2, 0.25) is 0 Å². The highest BCUT2D eigenvalue weighted by atomic mass is 16.3. The molecule has 0 aromatic carbocycles. The van der Waals surface area contributed by atoms with Gasteiger partial charge in [0.15, 0.2) is 0 Å². The van der Waals surface area contributed by atoms with Gasteiger partial charge in [0.1, 0.15) is 0 Å². The fourth-order valence-electron chi connectivity index (χ4n) is 2.58. The Bertz CT molecular complexity index is 164. The van der Waals surface area contributed by atoms with Gasteiger partial charge >= 0.3 is 0 Å². The molecule has 0 amide bonds. The van der Waals surface area contributed by atoms with Gasteiger partial charge in [0.05, 0.1) is 6.61 Å². The molecule has 14 heavy (non-hydrogen) atoms. The molecular weight excluding hydrogens is 174 g/mol. The Hall–Kier alpha value is -0.0800. The van der Waals surface area contributed by atoms with E-state index < -0.39 is 0 Å². The molecule has 0 aliphatic carbocycles. The van der Waals surface area contributed by atoms with Crippen molar-refractivity contribution in [3.63, 3.8) is 0 Å². The third-order valence-electron chi connectivity index (χ3n) is 3.76. The van der Waals surface area contributed by atoms with Gasteiger partial charge in [-0.2, -0.15) is 0 Å². The first-order valence-electron chi connectivity index (χ1n) is 5.99. The minimum Gasteiger partial charge on any atom is -0.395 e. The van der Waals surface area contributed by atoms with Crippen LogP contribution in [0.4, 0.5) is 0 Å². The molecule has 1 N–H and O–H groups in total. The fraction of sp³-hybridized carbons (Fsp3) is 1.00. The van der Waals surface area contributed by atoms with Gasteiger partial charge < -0.3 is 5.11 Å². The van der Waals surface area contributed by atoms with Crippen LogP contribution in [0.3, 0.4) is 0 Å². The lowest BCUT2D eigenvalue weighted by atomic mass is 9.71. The molecular formula is C12H25NO. The van der Waals surface area contributed by atoms with Crippen LogP contribution >= 0.6 is 0 Å². The Balaban J connectivity index is 2.33. The zero-order valence-electron chi connectivity index (χ0n) is 9.92. The van der Waals surface area contributed by atoms with E-state index in [9.17, 15) is 0 Å². The molecule has 2 nitrogen and oxygen atoms in total. The minimum atomic E-state index is 0.309. The molecule has 1 saturated heterocycles. The predicted octanol–water partition coefficient (Wildman–Crippen LogP) is 2.13. The number of likely N-dealkylation sites (tertiary alicyclic amines) is 1. The largest absolute Gasteiger partial charge is 0.395 e. The van der Waals surface area contributed by atoms with Crippen molar-refractivity contribution < 1.29 is 5.11 Å². The third-order valence-corrected chi connectivity index (χ3v) is 3.76. The number of aliphatic hydroxyl groups is 1. The summed E-state index contributed by atoms with van der Waals surface area (Å²) >= 11 is 0. The fourth-order valence-corrected chi connectivity index (χ4v) is 2.58. The van der Waals surface area contributed by atoms with Gasteiger partial charge in [0.25, 0.3) is 0 Å². The van der Waals surface area contributed by atoms with Gasteiger partial charge in [0, 0.05) is 19.6 Å². The molecule has 0 bridgehead atoms. The molecule has 2 heteroatoms. The summed E-state index contributed by atoms with van der Waals surface area (Å²) in [5.41, 5.74) is 0.574. The zero-order valence-corrected chi connectivity index (χ0v) is 9.92. The van der Waals surface area contributed by atoms with Crippen LogP contribution in [-0.2, 0) is 0 Å². The lowest BCUT2D eigenvalue weighted by molar-refractivity contribution is -0.0281. The monoisotopic (exact) mass is 199 g/mol. The summed E-state index contributed by atoms with van der Waals surface area (Å²) in [6.45, 7) is 10.5. The van der Waals surface area contributed by atoms with E-state index in [4.69, 9.17) is 5.11 Å². The van der Waals surface area contributed by atoms with Crippen molar-refractivity contribution in [2.24, 2.45) is 11.3 Å². The van der Waals surface area contributed by atoms with Crippen LogP contribution in [0.5, 0.6) is 0 Å². The van der Waals surface area contributed by atoms with Crippen LogP contribution in [-0.4, -0.2) is 36.2 Å². The quantitative estimate of drug-likeness (QED) is 0.708. The Morgan fingerprint density at radius 3 is 2.43 bits per heavy atom. The Labute approximate surface area is 88.3 Å². The summed E-state index contributed by atoms with van der Waals surface area (Å²) in [6, 6.07) is 0. The number of β-amino-alcohol motifs (C(OH)–C–C–N with tert-alkyl or cyclic N) is 1. The van der Waals surface area contributed by atoms with Crippen molar-refractivity contribution in [1.82, 2.24) is 4.90 Å². The van der Waals surface area contributed by atoms with Crippen molar-refractivity contribution in [1.29, 1.82) is 0 Å². The van der Waals surface area contributed by atoms with E-state index in [1.807, 2.05) is 0 Å². The highest BCUT2D eigenvalue weighted by Gasteiger charge is 2.41. The van der Waals surface area contributed by atoms with Crippen molar-refractivity contribution in [3.05, 3.63) is 0 Å². The van der Waals surface area contributed by atoms with Gasteiger partial charge in [-0.25, -0.2) is 0 Å². The van der Waals surface area contributed by atoms with Crippen LogP contribution in [0, 0.1) is 11.3 Å². The first-order chi connectivity index (χ1) is 6.65. The lowest BCUT2D eigenvalue weighted by Gasteiger charge is -2.51. The first-order valence-corrected chi connectivity index (χ1v) is 5.99. The summed E-state index contributed by atoms with van der Waals surface area (Å²) in [6.07, 6.45) is 3.95. The van der Waals surface area contributed by atoms with Crippen LogP contribution in [0.15, 0.2) is 0 Å². The predicted molar refractivity (Wildman–Crippen MR) is 60.3 cm³/mol. The highest BCUT2D eigenvalue weighted by Crippen LogP contribution is 2.40. The first kappa shape index (κ1) is 12.0. The van der Waals surface area contributed by atoms with Crippen molar-refractivity contribution in [3.8, 4) is 0 Å². The van der Waals surface area contributed by atoms with E-state index in [0.717, 1.165) is 12.5 Å². The molecule has 1 rings (SSSR count). The molecule has 0 saturated carbocycles. The van der Waals surface area contributed by atoms with Crippen molar-refractivity contribution >= 4 is 0 Å². The van der Waals surface area contributed by atoms with Gasteiger partial charge in [-0.1, -0.05) is 27.2 Å². The summed E-state index contributed by atoms with van der Waals surface area (Å²) in [5, 5.41) is 8.83. The average Bonchev–Trinajstić information content (AvgIpc) is 2.14. The summed E-state index contributed by atoms with van der Waals surface area (Å²) in [4.78, 5) is 2.37. The molecule has 1 aliphatic heterocycles. The van der Waals surface area contributed by atoms with E-state index in [2.05, 4.69) is 25.7 Å². The summed E-state index contributed by atoms with van der Waals surface area (Å²) < 4.78 is 0. The van der Waals surface area contributed by atoms with Crippen LogP contribution in [0.1, 0.15) is 40.0 Å². The second-order valence-corrected chi connectivity index (χ2v) is 5.01. The van der Waals surface area contributed by atoms with Crippen molar-refractivity contribution in [2.75, 3.05) is 26.2 Å². The van der Waals surface area contributed by atoms with Crippen LogP contribution < -0.4 is 0 Å². The number of aliphatic hydroxyl groups excluding tert-OH is 1. The van der Waals surface area contributed by atoms with E-state index >= 15 is 0 Å². The molecule has 1 aliphatic rings. The van der Waals surface area contributed by atoms with E-state index in [1.165, 1.54) is 32.4 Å². The average molecular weight is 199 g/mol. The molecule has 1 unspecified atom stereocenters. The highest BCUT2D eigenvalue weighted by molar-refractivity contribution is 4.94.